The summed E-state index contributed by atoms with van der Waals surface area (Å²) in [6.07, 6.45) is -0.433. The number of hydrogen-bond donors (Lipinski definition) is 0. The molecule has 1 fully saturated rings. The molecule has 40 heavy (non-hydrogen) atoms. The van der Waals surface area contributed by atoms with Gasteiger partial charge in [-0.2, -0.15) is 0 Å². The Morgan fingerprint density at radius 1 is 0.875 bits per heavy atom. The van der Waals surface area contributed by atoms with Crippen LogP contribution in [-0.2, 0) is 19.6 Å². The Kier molecular flexibility index (Phi) is 8.74. The minimum Gasteiger partial charge on any atom is -0.406 e. The molecule has 4 aromatic rings. The van der Waals surface area contributed by atoms with Gasteiger partial charge >= 0.3 is 6.36 Å². The number of aryl methyl sites for hydroxylation is 2. The number of ether oxygens (including phenoxy) is 1. The van der Waals surface area contributed by atoms with Crippen molar-refractivity contribution in [1.82, 2.24) is 14.4 Å². The Morgan fingerprint density at radius 2 is 1.57 bits per heavy atom. The maximum Gasteiger partial charge on any atom is 0.573 e. The largest absolute Gasteiger partial charge is 0.573 e. The molecule has 0 unspecified atom stereocenters. The first kappa shape index (κ1) is 28.5. The molecule has 4 nitrogen and oxygen atoms in total. The number of fused-ring (bicyclic) bond motifs is 1. The van der Waals surface area contributed by atoms with Gasteiger partial charge in [0.1, 0.15) is 5.75 Å². The summed E-state index contributed by atoms with van der Waals surface area (Å²) in [5, 5.41) is 1.90. The fourth-order valence-electron chi connectivity index (χ4n) is 5.46. The van der Waals surface area contributed by atoms with Crippen LogP contribution in [0.2, 0.25) is 5.02 Å². The van der Waals surface area contributed by atoms with Crippen molar-refractivity contribution in [1.29, 1.82) is 0 Å². The van der Waals surface area contributed by atoms with E-state index in [9.17, 15) is 13.2 Å². The number of benzene rings is 3. The van der Waals surface area contributed by atoms with Crippen molar-refractivity contribution in [2.24, 2.45) is 0 Å². The van der Waals surface area contributed by atoms with Gasteiger partial charge in [-0.3, -0.25) is 9.80 Å². The fraction of sp³-hybridized carbons (Fsp3) is 0.375. The second-order valence-electron chi connectivity index (χ2n) is 10.6. The SMILES string of the molecule is CCCCn1cc(-c2ccc(OC(F)(F)F)cc2)c2cc(CN3CCN(Cc4ccc(Cl)cc4C)CC3)ccc21. The van der Waals surface area contributed by atoms with Crippen molar-refractivity contribution < 1.29 is 17.9 Å². The number of halogens is 4. The molecule has 2 heterocycles. The average molecular weight is 570 g/mol. The highest BCUT2D eigenvalue weighted by atomic mass is 35.5. The topological polar surface area (TPSA) is 20.6 Å². The van der Waals surface area contributed by atoms with Crippen molar-refractivity contribution in [3.05, 3.63) is 88.6 Å². The highest BCUT2D eigenvalue weighted by Crippen LogP contribution is 2.34. The molecule has 1 saturated heterocycles. The van der Waals surface area contributed by atoms with Gasteiger partial charge in [-0.05, 0) is 72.0 Å². The molecule has 0 spiro atoms. The summed E-state index contributed by atoms with van der Waals surface area (Å²) in [6, 6.07) is 18.9. The number of alkyl halides is 3. The molecule has 0 saturated carbocycles. The Labute approximate surface area is 238 Å². The van der Waals surface area contributed by atoms with E-state index in [0.717, 1.165) is 85.7 Å². The van der Waals surface area contributed by atoms with E-state index in [1.54, 1.807) is 12.1 Å². The number of hydrogen-bond acceptors (Lipinski definition) is 3. The number of piperazine rings is 1. The van der Waals surface area contributed by atoms with Crippen molar-refractivity contribution >= 4 is 22.5 Å². The first-order valence-corrected chi connectivity index (χ1v) is 14.2. The fourth-order valence-corrected chi connectivity index (χ4v) is 5.69. The second-order valence-corrected chi connectivity index (χ2v) is 11.1. The van der Waals surface area contributed by atoms with E-state index in [1.807, 2.05) is 12.1 Å². The van der Waals surface area contributed by atoms with E-state index in [2.05, 4.69) is 63.4 Å². The summed E-state index contributed by atoms with van der Waals surface area (Å²) in [5.74, 6) is -0.211. The summed E-state index contributed by atoms with van der Waals surface area (Å²) >= 11 is 6.12. The first-order valence-electron chi connectivity index (χ1n) is 13.9. The van der Waals surface area contributed by atoms with E-state index >= 15 is 0 Å². The zero-order valence-electron chi connectivity index (χ0n) is 23.0. The monoisotopic (exact) mass is 569 g/mol. The third kappa shape index (κ3) is 7.00. The maximum atomic E-state index is 12.6. The zero-order valence-corrected chi connectivity index (χ0v) is 23.7. The summed E-state index contributed by atoms with van der Waals surface area (Å²) in [5.41, 5.74) is 6.83. The molecule has 8 heteroatoms. The van der Waals surface area contributed by atoms with E-state index in [4.69, 9.17) is 11.6 Å². The van der Waals surface area contributed by atoms with Crippen LogP contribution in [0.25, 0.3) is 22.0 Å². The summed E-state index contributed by atoms with van der Waals surface area (Å²) in [6.45, 7) is 11.0. The highest BCUT2D eigenvalue weighted by molar-refractivity contribution is 6.30. The molecule has 0 bridgehead atoms. The van der Waals surface area contributed by atoms with Gasteiger partial charge in [-0.25, -0.2) is 0 Å². The van der Waals surface area contributed by atoms with Crippen LogP contribution in [0.4, 0.5) is 13.2 Å². The van der Waals surface area contributed by atoms with Crippen molar-refractivity contribution in [2.75, 3.05) is 26.2 Å². The van der Waals surface area contributed by atoms with Crippen molar-refractivity contribution in [3.63, 3.8) is 0 Å². The van der Waals surface area contributed by atoms with Crippen LogP contribution in [0, 0.1) is 6.92 Å². The lowest BCUT2D eigenvalue weighted by molar-refractivity contribution is -0.274. The van der Waals surface area contributed by atoms with Gasteiger partial charge in [0.2, 0.25) is 0 Å². The molecule has 1 aliphatic heterocycles. The third-order valence-electron chi connectivity index (χ3n) is 7.67. The molecule has 1 aliphatic rings. The number of unbranched alkanes of at least 4 members (excludes halogenated alkanes) is 1. The van der Waals surface area contributed by atoms with Crippen molar-refractivity contribution in [2.45, 2.75) is 52.7 Å². The van der Waals surface area contributed by atoms with Crippen LogP contribution < -0.4 is 4.74 Å². The highest BCUT2D eigenvalue weighted by Gasteiger charge is 2.31. The molecular formula is C32H35ClF3N3O. The predicted octanol–water partition coefficient (Wildman–Crippen LogP) is 8.29. The minimum atomic E-state index is -4.70. The van der Waals surface area contributed by atoms with Crippen LogP contribution in [0.1, 0.15) is 36.5 Å². The van der Waals surface area contributed by atoms with Gasteiger partial charge in [0.25, 0.3) is 0 Å². The summed E-state index contributed by atoms with van der Waals surface area (Å²) < 4.78 is 44.3. The molecule has 0 N–H and O–H groups in total. The first-order chi connectivity index (χ1) is 19.2. The van der Waals surface area contributed by atoms with Crippen LogP contribution in [0.3, 0.4) is 0 Å². The van der Waals surface area contributed by atoms with Gasteiger partial charge in [0.05, 0.1) is 0 Å². The van der Waals surface area contributed by atoms with Crippen molar-refractivity contribution in [3.8, 4) is 16.9 Å². The van der Waals surface area contributed by atoms with Gasteiger partial charge < -0.3 is 9.30 Å². The molecule has 5 rings (SSSR count). The Morgan fingerprint density at radius 3 is 2.23 bits per heavy atom. The number of nitrogens with zero attached hydrogens (tertiary/aromatic N) is 3. The molecule has 0 aliphatic carbocycles. The van der Waals surface area contributed by atoms with Crippen LogP contribution in [-0.4, -0.2) is 46.9 Å². The molecule has 1 aromatic heterocycles. The lowest BCUT2D eigenvalue weighted by Gasteiger charge is -2.35. The van der Waals surface area contributed by atoms with Gasteiger partial charge in [0, 0.05) is 73.5 Å². The number of aromatic nitrogens is 1. The maximum absolute atomic E-state index is 12.6. The molecular weight excluding hydrogens is 535 g/mol. The lowest BCUT2D eigenvalue weighted by Crippen LogP contribution is -2.45. The van der Waals surface area contributed by atoms with Gasteiger partial charge in [-0.1, -0.05) is 49.2 Å². The van der Waals surface area contributed by atoms with E-state index in [-0.39, 0.29) is 5.75 Å². The lowest BCUT2D eigenvalue weighted by atomic mass is 10.0. The molecule has 0 radical (unpaired) electrons. The van der Waals surface area contributed by atoms with E-state index in [1.165, 1.54) is 28.8 Å². The van der Waals surface area contributed by atoms with Crippen LogP contribution in [0.15, 0.2) is 66.9 Å². The Hall–Kier alpha value is -3.00. The third-order valence-corrected chi connectivity index (χ3v) is 7.90. The smallest absolute Gasteiger partial charge is 0.406 e. The van der Waals surface area contributed by atoms with Gasteiger partial charge in [-0.15, -0.1) is 13.2 Å². The molecule has 212 valence electrons. The quantitative estimate of drug-likeness (QED) is 0.202. The zero-order chi connectivity index (χ0) is 28.3. The van der Waals surface area contributed by atoms with E-state index in [0.29, 0.717) is 0 Å². The molecule has 0 atom stereocenters. The Balaban J connectivity index is 1.31. The van der Waals surface area contributed by atoms with E-state index < -0.39 is 6.36 Å². The van der Waals surface area contributed by atoms with Gasteiger partial charge in [0.15, 0.2) is 0 Å². The van der Waals surface area contributed by atoms with Crippen LogP contribution in [0.5, 0.6) is 5.75 Å². The molecule has 3 aromatic carbocycles. The summed E-state index contributed by atoms with van der Waals surface area (Å²) in [7, 11) is 0. The summed E-state index contributed by atoms with van der Waals surface area (Å²) in [4.78, 5) is 4.98. The van der Waals surface area contributed by atoms with Crippen LogP contribution >= 0.6 is 11.6 Å². The predicted molar refractivity (Wildman–Crippen MR) is 156 cm³/mol. The normalized spacial score (nSPS) is 15.2. The standard InChI is InChI=1S/C32H35ClF3N3O/c1-3-4-13-39-22-30(25-7-10-28(11-8-25)40-32(34,35)36)29-19-24(5-12-31(29)39)20-37-14-16-38(17-15-37)21-26-6-9-27(33)18-23(26)2/h5-12,18-19,22H,3-4,13-17,20-21H2,1-2H3. The molecule has 0 amide bonds. The minimum absolute atomic E-state index is 0.211. The average Bonchev–Trinajstić information content (AvgIpc) is 3.27. The Bertz CT molecular complexity index is 1440. The number of rotatable bonds is 9. The second kappa shape index (κ2) is 12.2.